The summed E-state index contributed by atoms with van der Waals surface area (Å²) in [5.41, 5.74) is 3.35. The molecule has 0 aromatic heterocycles. The van der Waals surface area contributed by atoms with E-state index in [1.165, 1.54) is 6.07 Å². The zero-order chi connectivity index (χ0) is 25.1. The lowest BCUT2D eigenvalue weighted by atomic mass is 9.99. The number of carbonyl (C=O) groups excluding carboxylic acids is 2. The van der Waals surface area contributed by atoms with Crippen molar-refractivity contribution in [2.24, 2.45) is 0 Å². The molecular formula is C26H30N4O5. The van der Waals surface area contributed by atoms with Crippen molar-refractivity contribution in [3.05, 3.63) is 75.9 Å². The van der Waals surface area contributed by atoms with Gasteiger partial charge in [0.2, 0.25) is 0 Å². The number of nitro groups is 1. The van der Waals surface area contributed by atoms with Gasteiger partial charge in [0.15, 0.2) is 0 Å². The van der Waals surface area contributed by atoms with Crippen LogP contribution < -0.4 is 9.80 Å². The average molecular weight is 479 g/mol. The first kappa shape index (κ1) is 24.3. The van der Waals surface area contributed by atoms with E-state index < -0.39 is 4.92 Å². The van der Waals surface area contributed by atoms with E-state index in [1.807, 2.05) is 43.0 Å². The number of likely N-dealkylation sites (N-methyl/N-ethyl adjacent to an activating group) is 1. The topological polar surface area (TPSA) is 96.2 Å². The number of cyclic esters (lactones) is 1. The van der Waals surface area contributed by atoms with Crippen molar-refractivity contribution in [2.45, 2.75) is 39.3 Å². The highest BCUT2D eigenvalue weighted by Gasteiger charge is 2.35. The molecule has 2 aliphatic rings. The summed E-state index contributed by atoms with van der Waals surface area (Å²) in [5, 5.41) is 11.9. The molecular weight excluding hydrogens is 448 g/mol. The highest BCUT2D eigenvalue weighted by molar-refractivity contribution is 5.96. The molecule has 0 unspecified atom stereocenters. The van der Waals surface area contributed by atoms with Crippen molar-refractivity contribution in [3.63, 3.8) is 0 Å². The summed E-state index contributed by atoms with van der Waals surface area (Å²) in [7, 11) is 0. The molecule has 9 heteroatoms. The summed E-state index contributed by atoms with van der Waals surface area (Å²) >= 11 is 0. The number of hydrogen-bond acceptors (Lipinski definition) is 6. The molecule has 0 spiro atoms. The van der Waals surface area contributed by atoms with Crippen LogP contribution in [0.2, 0.25) is 0 Å². The first-order valence-corrected chi connectivity index (χ1v) is 11.8. The summed E-state index contributed by atoms with van der Waals surface area (Å²) in [5.74, 6) is -0.258. The molecule has 0 radical (unpaired) electrons. The van der Waals surface area contributed by atoms with Gasteiger partial charge in [0.1, 0.15) is 12.3 Å². The van der Waals surface area contributed by atoms with E-state index in [2.05, 4.69) is 6.58 Å². The first-order valence-electron chi connectivity index (χ1n) is 11.8. The lowest BCUT2D eigenvalue weighted by Gasteiger charge is -2.40. The van der Waals surface area contributed by atoms with Gasteiger partial charge in [0.25, 0.3) is 11.6 Å². The highest BCUT2D eigenvalue weighted by atomic mass is 16.6. The Morgan fingerprint density at radius 1 is 1.20 bits per heavy atom. The van der Waals surface area contributed by atoms with Gasteiger partial charge < -0.3 is 14.5 Å². The van der Waals surface area contributed by atoms with Gasteiger partial charge in [-0.1, -0.05) is 30.4 Å². The van der Waals surface area contributed by atoms with Gasteiger partial charge in [0.05, 0.1) is 10.6 Å². The number of carbonyl (C=O) groups is 2. The van der Waals surface area contributed by atoms with Crippen LogP contribution in [0, 0.1) is 10.1 Å². The van der Waals surface area contributed by atoms with Crippen LogP contribution in [0.5, 0.6) is 0 Å². The Morgan fingerprint density at radius 2 is 1.91 bits per heavy atom. The quantitative estimate of drug-likeness (QED) is 0.323. The summed E-state index contributed by atoms with van der Waals surface area (Å²) in [6.45, 7) is 9.80. The van der Waals surface area contributed by atoms with E-state index in [0.29, 0.717) is 44.7 Å². The zero-order valence-electron chi connectivity index (χ0n) is 20.1. The average Bonchev–Trinajstić information content (AvgIpc) is 2.86. The molecule has 0 atom stereocenters. The molecule has 2 amide bonds. The number of fused-ring (bicyclic) bond motifs is 1. The van der Waals surface area contributed by atoms with Crippen molar-refractivity contribution in [1.29, 1.82) is 0 Å². The number of ether oxygens (including phenoxy) is 1. The predicted octanol–water partition coefficient (Wildman–Crippen LogP) is 4.76. The van der Waals surface area contributed by atoms with Crippen LogP contribution in [-0.2, 0) is 11.3 Å². The lowest BCUT2D eigenvalue weighted by molar-refractivity contribution is -0.384. The number of anilines is 2. The van der Waals surface area contributed by atoms with Crippen LogP contribution in [0.25, 0.3) is 0 Å². The van der Waals surface area contributed by atoms with Gasteiger partial charge in [-0.15, -0.1) is 0 Å². The number of benzene rings is 2. The van der Waals surface area contributed by atoms with E-state index in [1.54, 1.807) is 21.9 Å². The minimum absolute atomic E-state index is 0.0552. The van der Waals surface area contributed by atoms with E-state index in [4.69, 9.17) is 4.74 Å². The molecule has 35 heavy (non-hydrogen) atoms. The number of nitro benzene ring substituents is 1. The van der Waals surface area contributed by atoms with Gasteiger partial charge in [0, 0.05) is 49.4 Å². The molecule has 2 aromatic rings. The van der Waals surface area contributed by atoms with Gasteiger partial charge in [-0.05, 0) is 44.9 Å². The largest absolute Gasteiger partial charge is 0.444 e. The molecule has 9 nitrogen and oxygen atoms in total. The van der Waals surface area contributed by atoms with Crippen molar-refractivity contribution in [2.75, 3.05) is 36.0 Å². The van der Waals surface area contributed by atoms with Crippen LogP contribution in [0.3, 0.4) is 0 Å². The Kier molecular flexibility index (Phi) is 7.04. The minimum Gasteiger partial charge on any atom is -0.444 e. The zero-order valence-corrected chi connectivity index (χ0v) is 20.1. The number of rotatable bonds is 7. The molecule has 2 heterocycles. The summed E-state index contributed by atoms with van der Waals surface area (Å²) in [4.78, 5) is 42.2. The molecule has 2 aromatic carbocycles. The smallest absolute Gasteiger partial charge is 0.414 e. The molecule has 0 aliphatic carbocycles. The van der Waals surface area contributed by atoms with Gasteiger partial charge >= 0.3 is 6.09 Å². The first-order chi connectivity index (χ1) is 16.8. The molecule has 2 aliphatic heterocycles. The molecule has 4 rings (SSSR count). The third-order valence-corrected chi connectivity index (χ3v) is 6.52. The fourth-order valence-corrected chi connectivity index (χ4v) is 4.79. The highest BCUT2D eigenvalue weighted by Crippen LogP contribution is 2.35. The maximum Gasteiger partial charge on any atom is 0.414 e. The van der Waals surface area contributed by atoms with Crippen molar-refractivity contribution >= 4 is 29.1 Å². The van der Waals surface area contributed by atoms with Crippen molar-refractivity contribution in [3.8, 4) is 0 Å². The fraction of sp³-hybridized carbons (Fsp3) is 0.385. The summed E-state index contributed by atoms with van der Waals surface area (Å²) in [6.07, 6.45) is 0.929. The summed E-state index contributed by atoms with van der Waals surface area (Å²) in [6, 6.07) is 12.3. The molecule has 0 N–H and O–H groups in total. The normalized spacial score (nSPS) is 15.9. The molecule has 1 fully saturated rings. The third-order valence-electron chi connectivity index (χ3n) is 6.52. The maximum absolute atomic E-state index is 12.9. The van der Waals surface area contributed by atoms with Crippen LogP contribution in [0.15, 0.2) is 54.6 Å². The van der Waals surface area contributed by atoms with Crippen LogP contribution in [0.1, 0.15) is 42.6 Å². The minimum atomic E-state index is -0.439. The van der Waals surface area contributed by atoms with Gasteiger partial charge in [-0.2, -0.15) is 0 Å². The lowest BCUT2D eigenvalue weighted by Crippen LogP contribution is -2.49. The number of piperidine rings is 1. The molecule has 0 bridgehead atoms. The number of hydrogen-bond donors (Lipinski definition) is 0. The van der Waals surface area contributed by atoms with Gasteiger partial charge in [-0.3, -0.25) is 19.8 Å². The van der Waals surface area contributed by atoms with Crippen LogP contribution in [0.4, 0.5) is 21.9 Å². The van der Waals surface area contributed by atoms with E-state index in [9.17, 15) is 19.7 Å². The second-order valence-corrected chi connectivity index (χ2v) is 9.01. The fourth-order valence-electron chi connectivity index (χ4n) is 4.79. The Morgan fingerprint density at radius 3 is 2.57 bits per heavy atom. The second-order valence-electron chi connectivity index (χ2n) is 9.01. The third kappa shape index (κ3) is 4.99. The Balaban J connectivity index is 1.52. The Bertz CT molecular complexity index is 1160. The van der Waals surface area contributed by atoms with E-state index in [-0.39, 0.29) is 35.9 Å². The van der Waals surface area contributed by atoms with Crippen LogP contribution in [-0.4, -0.2) is 54.0 Å². The van der Waals surface area contributed by atoms with Crippen molar-refractivity contribution in [1.82, 2.24) is 4.90 Å². The maximum atomic E-state index is 12.9. The van der Waals surface area contributed by atoms with Crippen molar-refractivity contribution < 1.29 is 19.2 Å². The Labute approximate surface area is 204 Å². The van der Waals surface area contributed by atoms with E-state index >= 15 is 0 Å². The molecule has 1 saturated heterocycles. The monoisotopic (exact) mass is 478 g/mol. The van der Waals surface area contributed by atoms with E-state index in [0.717, 1.165) is 16.8 Å². The van der Waals surface area contributed by atoms with Gasteiger partial charge in [-0.25, -0.2) is 4.79 Å². The Hall–Kier alpha value is -3.88. The molecule has 184 valence electrons. The number of nitrogens with zero attached hydrogens (tertiary/aromatic N) is 4. The number of amides is 2. The number of para-hydroxylation sites is 1. The standard InChI is InChI=1S/C26H30N4O5/c1-4-27(16-18(2)3)25(31)19-9-10-23(24(15-19)30(33)34)28-13-11-21(12-14-28)29-22-8-6-5-7-20(22)17-35-26(29)32/h5-10,15,21H,2,4,11-14,16-17H2,1,3H3. The second kappa shape index (κ2) is 10.2. The predicted molar refractivity (Wildman–Crippen MR) is 134 cm³/mol. The SMILES string of the molecule is C=C(C)CN(CC)C(=O)c1ccc(N2CCC(N3C(=O)OCc4ccccc43)CC2)c([N+](=O)[O-])c1. The van der Waals surface area contributed by atoms with Crippen LogP contribution >= 0.6 is 0 Å². The summed E-state index contributed by atoms with van der Waals surface area (Å²) < 4.78 is 5.36. The molecule has 0 saturated carbocycles.